The first kappa shape index (κ1) is 9.36. The number of nitrogens with zero attached hydrogens (tertiary/aromatic N) is 2. The minimum Gasteiger partial charge on any atom is -0.454 e. The summed E-state index contributed by atoms with van der Waals surface area (Å²) in [4.78, 5) is 0. The first-order valence-electron chi connectivity index (χ1n) is 4.51. The van der Waals surface area contributed by atoms with Gasteiger partial charge in [-0.2, -0.15) is 10.5 Å². The van der Waals surface area contributed by atoms with E-state index in [1.54, 1.807) is 6.07 Å². The van der Waals surface area contributed by atoms with Crippen LogP contribution < -0.4 is 9.47 Å². The van der Waals surface area contributed by atoms with Crippen LogP contribution in [0.1, 0.15) is 5.56 Å². The summed E-state index contributed by atoms with van der Waals surface area (Å²) < 4.78 is 10.4. The summed E-state index contributed by atoms with van der Waals surface area (Å²) in [6, 6.07) is 9.32. The predicted molar refractivity (Wildman–Crippen MR) is 51.0 cm³/mol. The van der Waals surface area contributed by atoms with Crippen molar-refractivity contribution in [2.75, 3.05) is 6.79 Å². The van der Waals surface area contributed by atoms with E-state index < -0.39 is 5.92 Å². The predicted octanol–water partition coefficient (Wildman–Crippen LogP) is 1.62. The van der Waals surface area contributed by atoms with E-state index in [1.807, 2.05) is 24.3 Å². The lowest BCUT2D eigenvalue weighted by Gasteiger charge is -2.02. The van der Waals surface area contributed by atoms with E-state index >= 15 is 0 Å². The van der Waals surface area contributed by atoms with Crippen LogP contribution in [0.15, 0.2) is 18.2 Å². The van der Waals surface area contributed by atoms with Crippen molar-refractivity contribution in [1.29, 1.82) is 10.5 Å². The highest BCUT2D eigenvalue weighted by Crippen LogP contribution is 2.32. The van der Waals surface area contributed by atoms with Crippen molar-refractivity contribution >= 4 is 0 Å². The van der Waals surface area contributed by atoms with Gasteiger partial charge in [0.15, 0.2) is 11.5 Å². The highest BCUT2D eigenvalue weighted by molar-refractivity contribution is 5.44. The van der Waals surface area contributed by atoms with Crippen molar-refractivity contribution in [2.24, 2.45) is 5.92 Å². The fourth-order valence-electron chi connectivity index (χ4n) is 1.42. The maximum Gasteiger partial charge on any atom is 0.231 e. The third kappa shape index (κ3) is 1.84. The molecule has 0 atom stereocenters. The smallest absolute Gasteiger partial charge is 0.231 e. The standard InChI is InChI=1S/C11H8N2O2/c12-5-9(6-13)3-8-1-2-10-11(4-8)15-7-14-10/h1-2,4,9H,3,7H2. The summed E-state index contributed by atoms with van der Waals surface area (Å²) in [5, 5.41) is 17.3. The molecule has 0 amide bonds. The summed E-state index contributed by atoms with van der Waals surface area (Å²) in [5.74, 6) is 0.789. The molecule has 0 saturated carbocycles. The van der Waals surface area contributed by atoms with Crippen LogP contribution in [0.3, 0.4) is 0 Å². The molecule has 4 nitrogen and oxygen atoms in total. The lowest BCUT2D eigenvalue weighted by Crippen LogP contribution is -1.98. The van der Waals surface area contributed by atoms with Gasteiger partial charge in [-0.3, -0.25) is 0 Å². The summed E-state index contributed by atoms with van der Waals surface area (Å²) in [6.45, 7) is 0.235. The molecule has 0 fully saturated rings. The molecule has 1 aromatic rings. The number of hydrogen-bond donors (Lipinski definition) is 0. The fourth-order valence-corrected chi connectivity index (χ4v) is 1.42. The lowest BCUT2D eigenvalue weighted by atomic mass is 10.0. The average Bonchev–Trinajstić information content (AvgIpc) is 2.73. The molecule has 0 aromatic heterocycles. The van der Waals surface area contributed by atoms with Crippen molar-refractivity contribution in [1.82, 2.24) is 0 Å². The molecule has 1 aliphatic heterocycles. The number of hydrogen-bond acceptors (Lipinski definition) is 4. The fraction of sp³-hybridized carbons (Fsp3) is 0.273. The number of fused-ring (bicyclic) bond motifs is 1. The number of rotatable bonds is 2. The third-order valence-corrected chi connectivity index (χ3v) is 2.19. The van der Waals surface area contributed by atoms with Gasteiger partial charge in [0.2, 0.25) is 6.79 Å². The molecule has 15 heavy (non-hydrogen) atoms. The molecule has 0 bridgehead atoms. The Morgan fingerprint density at radius 3 is 2.67 bits per heavy atom. The van der Waals surface area contributed by atoms with E-state index in [-0.39, 0.29) is 6.79 Å². The van der Waals surface area contributed by atoms with E-state index in [2.05, 4.69) is 0 Å². The summed E-state index contributed by atoms with van der Waals surface area (Å²) in [5.41, 5.74) is 0.910. The van der Waals surface area contributed by atoms with Gasteiger partial charge in [0.05, 0.1) is 12.1 Å². The maximum absolute atomic E-state index is 8.65. The molecular formula is C11H8N2O2. The Morgan fingerprint density at radius 2 is 1.93 bits per heavy atom. The number of benzene rings is 1. The number of nitriles is 2. The van der Waals surface area contributed by atoms with Crippen LogP contribution in [0.4, 0.5) is 0 Å². The van der Waals surface area contributed by atoms with Crippen LogP contribution in [-0.2, 0) is 6.42 Å². The van der Waals surface area contributed by atoms with Crippen molar-refractivity contribution < 1.29 is 9.47 Å². The highest BCUT2D eigenvalue weighted by Gasteiger charge is 2.14. The molecule has 1 aliphatic rings. The van der Waals surface area contributed by atoms with E-state index in [0.29, 0.717) is 17.9 Å². The van der Waals surface area contributed by atoms with Gasteiger partial charge in [-0.1, -0.05) is 6.07 Å². The quantitative estimate of drug-likeness (QED) is 0.727. The van der Waals surface area contributed by atoms with Gasteiger partial charge in [-0.05, 0) is 17.7 Å². The lowest BCUT2D eigenvalue weighted by molar-refractivity contribution is 0.174. The Bertz CT molecular complexity index is 443. The van der Waals surface area contributed by atoms with E-state index in [4.69, 9.17) is 20.0 Å². The molecule has 74 valence electrons. The Hall–Kier alpha value is -2.20. The second-order valence-electron chi connectivity index (χ2n) is 3.20. The molecule has 1 aromatic carbocycles. The Morgan fingerprint density at radius 1 is 1.20 bits per heavy atom. The van der Waals surface area contributed by atoms with Gasteiger partial charge in [0, 0.05) is 6.42 Å². The second-order valence-corrected chi connectivity index (χ2v) is 3.20. The SMILES string of the molecule is N#CC(C#N)Cc1ccc2c(c1)OCO2. The minimum absolute atomic E-state index is 0.235. The van der Waals surface area contributed by atoms with Crippen molar-refractivity contribution in [3.8, 4) is 23.6 Å². The van der Waals surface area contributed by atoms with Gasteiger partial charge in [-0.15, -0.1) is 0 Å². The molecule has 0 N–H and O–H groups in total. The Labute approximate surface area is 87.3 Å². The first-order chi connectivity index (χ1) is 7.33. The van der Waals surface area contributed by atoms with Gasteiger partial charge < -0.3 is 9.47 Å². The van der Waals surface area contributed by atoms with E-state index in [1.165, 1.54) is 0 Å². The van der Waals surface area contributed by atoms with Crippen LogP contribution in [0.25, 0.3) is 0 Å². The first-order valence-corrected chi connectivity index (χ1v) is 4.51. The molecule has 0 spiro atoms. The summed E-state index contributed by atoms with van der Waals surface area (Å²) >= 11 is 0. The zero-order valence-corrected chi connectivity index (χ0v) is 7.93. The van der Waals surface area contributed by atoms with Crippen LogP contribution in [0, 0.1) is 28.6 Å². The van der Waals surface area contributed by atoms with Crippen LogP contribution in [0.2, 0.25) is 0 Å². The Kier molecular flexibility index (Phi) is 2.43. The summed E-state index contributed by atoms with van der Waals surface area (Å²) in [7, 11) is 0. The van der Waals surface area contributed by atoms with Gasteiger partial charge >= 0.3 is 0 Å². The van der Waals surface area contributed by atoms with Crippen molar-refractivity contribution in [3.63, 3.8) is 0 Å². The van der Waals surface area contributed by atoms with Crippen LogP contribution in [-0.4, -0.2) is 6.79 Å². The minimum atomic E-state index is -0.606. The molecule has 0 radical (unpaired) electrons. The molecule has 1 heterocycles. The molecule has 0 unspecified atom stereocenters. The highest BCUT2D eigenvalue weighted by atomic mass is 16.7. The van der Waals surface area contributed by atoms with Crippen molar-refractivity contribution in [3.05, 3.63) is 23.8 Å². The topological polar surface area (TPSA) is 66.0 Å². The van der Waals surface area contributed by atoms with Crippen molar-refractivity contribution in [2.45, 2.75) is 6.42 Å². The monoisotopic (exact) mass is 200 g/mol. The molecule has 0 saturated heterocycles. The molecule has 2 rings (SSSR count). The Balaban J connectivity index is 2.18. The van der Waals surface area contributed by atoms with Crippen LogP contribution >= 0.6 is 0 Å². The molecule has 0 aliphatic carbocycles. The maximum atomic E-state index is 8.65. The third-order valence-electron chi connectivity index (χ3n) is 2.19. The normalized spacial score (nSPS) is 12.2. The van der Waals surface area contributed by atoms with Gasteiger partial charge in [-0.25, -0.2) is 0 Å². The second kappa shape index (κ2) is 3.89. The van der Waals surface area contributed by atoms with Gasteiger partial charge in [0.25, 0.3) is 0 Å². The molecular weight excluding hydrogens is 192 g/mol. The summed E-state index contributed by atoms with van der Waals surface area (Å²) in [6.07, 6.45) is 0.420. The number of ether oxygens (including phenoxy) is 2. The van der Waals surface area contributed by atoms with Gasteiger partial charge in [0.1, 0.15) is 5.92 Å². The zero-order chi connectivity index (χ0) is 10.7. The average molecular weight is 200 g/mol. The largest absolute Gasteiger partial charge is 0.454 e. The van der Waals surface area contributed by atoms with E-state index in [0.717, 1.165) is 5.56 Å². The molecule has 4 heteroatoms. The zero-order valence-electron chi connectivity index (χ0n) is 7.93. The van der Waals surface area contributed by atoms with E-state index in [9.17, 15) is 0 Å². The van der Waals surface area contributed by atoms with Crippen LogP contribution in [0.5, 0.6) is 11.5 Å².